The number of thiol groups is 1. The van der Waals surface area contributed by atoms with Crippen molar-refractivity contribution < 1.29 is 0 Å². The number of halogens is 1. The zero-order valence-corrected chi connectivity index (χ0v) is 16.1. The first-order valence-electron chi connectivity index (χ1n) is 8.82. The van der Waals surface area contributed by atoms with Gasteiger partial charge < -0.3 is 5.73 Å². The molecule has 25 heavy (non-hydrogen) atoms. The van der Waals surface area contributed by atoms with Crippen LogP contribution in [0.4, 0.5) is 0 Å². The van der Waals surface area contributed by atoms with Gasteiger partial charge in [-0.15, -0.1) is 12.6 Å². The summed E-state index contributed by atoms with van der Waals surface area (Å²) in [6.07, 6.45) is 6.28. The third-order valence-electron chi connectivity index (χ3n) is 4.11. The SMILES string of the molecule is NCCCCCCc1ccccc1.Sc1cccc2c(Cl)cccc12. The second-order valence-electron chi connectivity index (χ2n) is 6.05. The number of fused-ring (bicyclic) bond motifs is 1. The Morgan fingerprint density at radius 2 is 1.40 bits per heavy atom. The molecule has 3 heteroatoms. The predicted octanol–water partition coefficient (Wildman–Crippen LogP) is 6.53. The van der Waals surface area contributed by atoms with Crippen LogP contribution < -0.4 is 5.73 Å². The van der Waals surface area contributed by atoms with E-state index >= 15 is 0 Å². The quantitative estimate of drug-likeness (QED) is 0.374. The minimum Gasteiger partial charge on any atom is -0.330 e. The number of benzene rings is 3. The van der Waals surface area contributed by atoms with Crippen LogP contribution in [-0.2, 0) is 6.42 Å². The van der Waals surface area contributed by atoms with Crippen LogP contribution >= 0.6 is 24.2 Å². The molecule has 3 rings (SSSR count). The molecule has 0 saturated carbocycles. The van der Waals surface area contributed by atoms with Gasteiger partial charge in [0.05, 0.1) is 0 Å². The van der Waals surface area contributed by atoms with Gasteiger partial charge in [-0.2, -0.15) is 0 Å². The summed E-state index contributed by atoms with van der Waals surface area (Å²) in [5.41, 5.74) is 6.88. The lowest BCUT2D eigenvalue weighted by molar-refractivity contribution is 0.647. The summed E-state index contributed by atoms with van der Waals surface area (Å²) in [4.78, 5) is 0.968. The topological polar surface area (TPSA) is 26.0 Å². The highest BCUT2D eigenvalue weighted by atomic mass is 35.5. The second-order valence-corrected chi connectivity index (χ2v) is 6.94. The van der Waals surface area contributed by atoms with Gasteiger partial charge in [-0.1, -0.05) is 79.0 Å². The van der Waals surface area contributed by atoms with Crippen molar-refractivity contribution in [3.05, 3.63) is 77.3 Å². The molecule has 0 radical (unpaired) electrons. The molecular weight excluding hydrogens is 346 g/mol. The number of unbranched alkanes of at least 4 members (excludes halogenated alkanes) is 3. The highest BCUT2D eigenvalue weighted by Gasteiger charge is 1.99. The van der Waals surface area contributed by atoms with Crippen LogP contribution in [0.3, 0.4) is 0 Å². The van der Waals surface area contributed by atoms with Crippen molar-refractivity contribution in [3.63, 3.8) is 0 Å². The number of hydrogen-bond donors (Lipinski definition) is 2. The maximum atomic E-state index is 6.00. The summed E-state index contributed by atoms with van der Waals surface area (Å²) >= 11 is 10.3. The standard InChI is InChI=1S/C12H19N.C10H7ClS/c13-11-7-2-1-4-8-12-9-5-3-6-10-12;11-9-5-1-4-8-7(9)3-2-6-10(8)12/h3,5-6,9-10H,1-2,4,7-8,11,13H2;1-6,12H. The number of aryl methyl sites for hydroxylation is 1. The summed E-state index contributed by atoms with van der Waals surface area (Å²) in [6, 6.07) is 22.4. The van der Waals surface area contributed by atoms with Crippen molar-refractivity contribution in [3.8, 4) is 0 Å². The Kier molecular flexibility index (Phi) is 8.89. The Hall–Kier alpha value is -1.48. The van der Waals surface area contributed by atoms with E-state index in [0.29, 0.717) is 0 Å². The molecule has 0 fully saturated rings. The van der Waals surface area contributed by atoms with Crippen LogP contribution in [0.15, 0.2) is 71.6 Å². The Morgan fingerprint density at radius 1 is 0.720 bits per heavy atom. The normalized spacial score (nSPS) is 10.4. The molecule has 0 aliphatic carbocycles. The van der Waals surface area contributed by atoms with Gasteiger partial charge in [0, 0.05) is 15.3 Å². The highest BCUT2D eigenvalue weighted by molar-refractivity contribution is 7.80. The van der Waals surface area contributed by atoms with Crippen LogP contribution in [-0.4, -0.2) is 6.54 Å². The van der Waals surface area contributed by atoms with E-state index in [1.54, 1.807) is 0 Å². The molecule has 0 saturated heterocycles. The zero-order chi connectivity index (χ0) is 17.9. The molecule has 3 aromatic rings. The maximum absolute atomic E-state index is 6.00. The van der Waals surface area contributed by atoms with Crippen LogP contribution in [0, 0.1) is 0 Å². The average molecular weight is 372 g/mol. The van der Waals surface area contributed by atoms with Crippen LogP contribution in [0.2, 0.25) is 5.02 Å². The van der Waals surface area contributed by atoms with Gasteiger partial charge >= 0.3 is 0 Å². The van der Waals surface area contributed by atoms with Crippen molar-refractivity contribution >= 4 is 35.0 Å². The monoisotopic (exact) mass is 371 g/mol. The molecule has 0 spiro atoms. The van der Waals surface area contributed by atoms with E-state index in [0.717, 1.165) is 27.2 Å². The lowest BCUT2D eigenvalue weighted by Crippen LogP contribution is -1.97. The first-order valence-corrected chi connectivity index (χ1v) is 9.65. The van der Waals surface area contributed by atoms with Crippen molar-refractivity contribution in [1.29, 1.82) is 0 Å². The van der Waals surface area contributed by atoms with Gasteiger partial charge in [-0.05, 0) is 48.9 Å². The molecule has 0 aromatic heterocycles. The molecule has 0 aliphatic rings. The van der Waals surface area contributed by atoms with E-state index in [1.165, 1.54) is 37.7 Å². The summed E-state index contributed by atoms with van der Waals surface area (Å²) in [5.74, 6) is 0. The van der Waals surface area contributed by atoms with Crippen LogP contribution in [0.5, 0.6) is 0 Å². The third kappa shape index (κ3) is 6.74. The molecule has 132 valence electrons. The van der Waals surface area contributed by atoms with Crippen molar-refractivity contribution in [1.82, 2.24) is 0 Å². The van der Waals surface area contributed by atoms with Crippen molar-refractivity contribution in [2.45, 2.75) is 37.0 Å². The summed E-state index contributed by atoms with van der Waals surface area (Å²) in [5, 5.41) is 2.95. The predicted molar refractivity (Wildman–Crippen MR) is 114 cm³/mol. The van der Waals surface area contributed by atoms with Gasteiger partial charge in [0.15, 0.2) is 0 Å². The van der Waals surface area contributed by atoms with Gasteiger partial charge in [-0.3, -0.25) is 0 Å². The van der Waals surface area contributed by atoms with Gasteiger partial charge in [-0.25, -0.2) is 0 Å². The zero-order valence-electron chi connectivity index (χ0n) is 14.5. The molecule has 3 aromatic carbocycles. The van der Waals surface area contributed by atoms with E-state index in [1.807, 2.05) is 36.4 Å². The average Bonchev–Trinajstić information content (AvgIpc) is 2.64. The molecule has 0 atom stereocenters. The largest absolute Gasteiger partial charge is 0.330 e. The summed E-state index contributed by atoms with van der Waals surface area (Å²) < 4.78 is 0. The first-order chi connectivity index (χ1) is 12.2. The molecule has 2 N–H and O–H groups in total. The fourth-order valence-electron chi connectivity index (χ4n) is 2.73. The van der Waals surface area contributed by atoms with E-state index in [4.69, 9.17) is 17.3 Å². The Balaban J connectivity index is 0.000000181. The number of nitrogens with two attached hydrogens (primary N) is 1. The highest BCUT2D eigenvalue weighted by Crippen LogP contribution is 2.27. The van der Waals surface area contributed by atoms with E-state index in [2.05, 4.69) is 43.0 Å². The van der Waals surface area contributed by atoms with Crippen LogP contribution in [0.1, 0.15) is 31.2 Å². The lowest BCUT2D eigenvalue weighted by Gasteiger charge is -2.01. The number of rotatable bonds is 6. The van der Waals surface area contributed by atoms with Gasteiger partial charge in [0.25, 0.3) is 0 Å². The van der Waals surface area contributed by atoms with E-state index in [-0.39, 0.29) is 0 Å². The van der Waals surface area contributed by atoms with Gasteiger partial charge in [0.2, 0.25) is 0 Å². The Bertz CT molecular complexity index is 717. The molecule has 0 heterocycles. The minimum absolute atomic E-state index is 0.781. The first kappa shape index (κ1) is 19.8. The summed E-state index contributed by atoms with van der Waals surface area (Å²) in [7, 11) is 0. The molecule has 0 aliphatic heterocycles. The van der Waals surface area contributed by atoms with E-state index in [9.17, 15) is 0 Å². The Morgan fingerprint density at radius 3 is 2.12 bits per heavy atom. The van der Waals surface area contributed by atoms with Crippen molar-refractivity contribution in [2.24, 2.45) is 5.73 Å². The molecule has 0 unspecified atom stereocenters. The molecule has 1 nitrogen and oxygen atoms in total. The minimum atomic E-state index is 0.781. The second kappa shape index (κ2) is 11.2. The molecule has 0 amide bonds. The lowest BCUT2D eigenvalue weighted by atomic mass is 10.1. The fraction of sp³-hybridized carbons (Fsp3) is 0.273. The van der Waals surface area contributed by atoms with Crippen LogP contribution in [0.25, 0.3) is 10.8 Å². The summed E-state index contributed by atoms with van der Waals surface area (Å²) in [6.45, 7) is 0.839. The fourth-order valence-corrected chi connectivity index (χ4v) is 3.25. The molecular formula is C22H26ClNS. The third-order valence-corrected chi connectivity index (χ3v) is 4.83. The van der Waals surface area contributed by atoms with E-state index < -0.39 is 0 Å². The van der Waals surface area contributed by atoms with Crippen molar-refractivity contribution in [2.75, 3.05) is 6.54 Å². The maximum Gasteiger partial charge on any atom is 0.0484 e. The van der Waals surface area contributed by atoms with Gasteiger partial charge in [0.1, 0.15) is 0 Å². The smallest absolute Gasteiger partial charge is 0.0484 e. The molecule has 0 bridgehead atoms. The Labute approximate surface area is 161 Å². The number of hydrogen-bond acceptors (Lipinski definition) is 2.